The third kappa shape index (κ3) is 19.7. The molecule has 2 aromatic rings. The average Bonchev–Trinajstić information content (AvgIpc) is 1.74. The van der Waals surface area contributed by atoms with E-state index in [0.717, 1.165) is 41.0 Å². The lowest BCUT2D eigenvalue weighted by Crippen LogP contribution is -2.64. The van der Waals surface area contributed by atoms with E-state index in [9.17, 15) is 88.8 Å². The Balaban J connectivity index is 1.26. The summed E-state index contributed by atoms with van der Waals surface area (Å²) >= 11 is 1.46. The molecule has 0 saturated carbocycles. The SMILES string of the molecule is CSCC[C@H](NC=O)C(=O)NC1CC(C)N([C@@H](Cc2ccccc2)C(=O)NCCC(=O)NCC[C@@H](O)[C@@H]2NC(=O)[C@H]([C@H](O)[C@@H](O)c3ccc(O)cc3)NC(=O)[C@@H]3C[C@@H](O)CN3C(=O)[C@H]([C@@H](C)O)NC(=O)C(N)C[C@@H](O)[C@@H](OCCN)NC(=O)[C@@H]3[C@@H](O)CCN3C2=O)C1=O. The number of aliphatic hydroxyl groups is 7. The highest BCUT2D eigenvalue weighted by molar-refractivity contribution is 7.98. The third-order valence-corrected chi connectivity index (χ3v) is 17.2. The van der Waals surface area contributed by atoms with Gasteiger partial charge in [0.25, 0.3) is 0 Å². The van der Waals surface area contributed by atoms with Gasteiger partial charge < -0.3 is 114 Å². The molecule has 6 rings (SSSR count). The van der Waals surface area contributed by atoms with E-state index < -0.39 is 214 Å². The lowest BCUT2D eigenvalue weighted by atomic mass is 9.96. The molecule has 4 saturated heterocycles. The van der Waals surface area contributed by atoms with Gasteiger partial charge in [-0.15, -0.1) is 0 Å². The van der Waals surface area contributed by atoms with Gasteiger partial charge in [-0.05, 0) is 74.8 Å². The molecule has 4 aliphatic rings. The summed E-state index contributed by atoms with van der Waals surface area (Å²) in [6.45, 7) is 0.542. The molecule has 3 unspecified atom stereocenters. The molecule has 0 bridgehead atoms. The minimum atomic E-state index is -2.39. The van der Waals surface area contributed by atoms with Crippen molar-refractivity contribution in [2.24, 2.45) is 11.5 Å². The molecule has 4 heterocycles. The first-order valence-electron chi connectivity index (χ1n) is 30.6. The van der Waals surface area contributed by atoms with Gasteiger partial charge in [-0.3, -0.25) is 52.7 Å². The number of aliphatic hydroxyl groups excluding tert-OH is 7. The summed E-state index contributed by atoms with van der Waals surface area (Å²) in [5, 5.41) is 109. The number of likely N-dealkylation sites (tertiary alicyclic amines) is 1. The number of carbonyl (C=O) groups is 11. The molecule has 18 atom stereocenters. The number of fused-ring (bicyclic) bond motifs is 2. The van der Waals surface area contributed by atoms with Gasteiger partial charge >= 0.3 is 0 Å². The van der Waals surface area contributed by atoms with Crippen LogP contribution in [-0.2, 0) is 63.9 Å². The van der Waals surface area contributed by atoms with Gasteiger partial charge in [-0.1, -0.05) is 42.5 Å². The molecule has 34 heteroatoms. The molecular weight excluding hydrogens is 1240 g/mol. The van der Waals surface area contributed by atoms with E-state index >= 15 is 4.79 Å². The molecule has 11 amide bonds. The van der Waals surface area contributed by atoms with Crippen molar-refractivity contribution in [3.63, 3.8) is 0 Å². The second kappa shape index (κ2) is 35.0. The number of phenolic OH excluding ortho intramolecular Hbond substituents is 1. The zero-order valence-electron chi connectivity index (χ0n) is 51.7. The van der Waals surface area contributed by atoms with Crippen LogP contribution in [0.3, 0.4) is 0 Å². The van der Waals surface area contributed by atoms with Crippen LogP contribution >= 0.6 is 11.8 Å². The van der Waals surface area contributed by atoms with Gasteiger partial charge in [0.1, 0.15) is 72.4 Å². The van der Waals surface area contributed by atoms with Crippen molar-refractivity contribution < 1.29 is 98.3 Å². The first-order valence-corrected chi connectivity index (χ1v) is 31.9. The molecule has 20 N–H and O–H groups in total. The second-order valence-corrected chi connectivity index (χ2v) is 24.4. The molecule has 93 heavy (non-hydrogen) atoms. The Morgan fingerprint density at radius 3 is 2.10 bits per heavy atom. The number of amides is 11. The summed E-state index contributed by atoms with van der Waals surface area (Å²) in [5.74, 6) is -9.73. The van der Waals surface area contributed by atoms with Gasteiger partial charge in [0.05, 0.1) is 37.1 Å². The largest absolute Gasteiger partial charge is 0.508 e. The summed E-state index contributed by atoms with van der Waals surface area (Å²) in [6.07, 6.45) is -14.8. The zero-order valence-corrected chi connectivity index (χ0v) is 52.5. The van der Waals surface area contributed by atoms with Crippen LogP contribution in [-0.4, -0.2) is 276 Å². The molecule has 0 aromatic heterocycles. The second-order valence-electron chi connectivity index (χ2n) is 23.4. The minimum absolute atomic E-state index is 0.0401. The Bertz CT molecular complexity index is 2920. The monoisotopic (exact) mass is 1330 g/mol. The van der Waals surface area contributed by atoms with Crippen LogP contribution in [0.15, 0.2) is 54.6 Å². The summed E-state index contributed by atoms with van der Waals surface area (Å²) in [6, 6.07) is -2.05. The van der Waals surface area contributed by atoms with Gasteiger partial charge in [0.15, 0.2) is 6.23 Å². The first-order chi connectivity index (χ1) is 44.2. The third-order valence-electron chi connectivity index (χ3n) is 16.6. The van der Waals surface area contributed by atoms with Crippen molar-refractivity contribution in [3.8, 4) is 5.75 Å². The van der Waals surface area contributed by atoms with Crippen LogP contribution in [0.2, 0.25) is 0 Å². The van der Waals surface area contributed by atoms with Crippen molar-refractivity contribution in [3.05, 3.63) is 65.7 Å². The Labute approximate surface area is 539 Å². The fourth-order valence-corrected chi connectivity index (χ4v) is 12.1. The number of thioether (sulfide) groups is 1. The van der Waals surface area contributed by atoms with Crippen LogP contribution in [0.25, 0.3) is 0 Å². The number of nitrogens with two attached hydrogens (primary N) is 2. The van der Waals surface area contributed by atoms with Crippen molar-refractivity contribution in [1.82, 2.24) is 57.2 Å². The topological polar surface area (TPSA) is 517 Å². The molecule has 2 aromatic carbocycles. The normalized spacial score (nSPS) is 28.0. The van der Waals surface area contributed by atoms with Gasteiger partial charge in [0.2, 0.25) is 65.5 Å². The number of benzene rings is 2. The average molecular weight is 1330 g/mol. The highest BCUT2D eigenvalue weighted by atomic mass is 32.2. The molecule has 4 aliphatic heterocycles. The predicted molar refractivity (Wildman–Crippen MR) is 328 cm³/mol. The van der Waals surface area contributed by atoms with Crippen molar-refractivity contribution >= 4 is 77.2 Å². The van der Waals surface area contributed by atoms with Crippen LogP contribution in [0.1, 0.15) is 76.0 Å². The predicted octanol–water partition coefficient (Wildman–Crippen LogP) is -7.99. The van der Waals surface area contributed by atoms with Crippen molar-refractivity contribution in [1.29, 1.82) is 0 Å². The highest BCUT2D eigenvalue weighted by Gasteiger charge is 2.50. The van der Waals surface area contributed by atoms with E-state index in [1.54, 1.807) is 37.3 Å². The Kier molecular flexibility index (Phi) is 28.0. The van der Waals surface area contributed by atoms with E-state index in [0.29, 0.717) is 24.1 Å². The van der Waals surface area contributed by atoms with Gasteiger partial charge in [-0.25, -0.2) is 0 Å². The number of phenols is 1. The Morgan fingerprint density at radius 1 is 0.774 bits per heavy atom. The van der Waals surface area contributed by atoms with Crippen molar-refractivity contribution in [2.45, 2.75) is 175 Å². The Hall–Kier alpha value is -7.64. The molecular formula is C59H87N13O20S. The molecule has 0 aliphatic carbocycles. The molecule has 514 valence electrons. The van der Waals surface area contributed by atoms with Gasteiger partial charge in [0, 0.05) is 64.4 Å². The van der Waals surface area contributed by atoms with Crippen LogP contribution in [0, 0.1) is 0 Å². The van der Waals surface area contributed by atoms with E-state index in [1.807, 2.05) is 6.26 Å². The smallest absolute Gasteiger partial charge is 0.248 e. The van der Waals surface area contributed by atoms with E-state index in [-0.39, 0.29) is 50.3 Å². The number of hydrogen-bond donors (Lipinski definition) is 18. The molecule has 4 fully saturated rings. The lowest BCUT2D eigenvalue weighted by molar-refractivity contribution is -0.149. The molecule has 0 spiro atoms. The van der Waals surface area contributed by atoms with Crippen molar-refractivity contribution in [2.75, 3.05) is 51.3 Å². The summed E-state index contributed by atoms with van der Waals surface area (Å²) < 4.78 is 5.61. The number of hydrogen-bond acceptors (Lipinski definition) is 23. The van der Waals surface area contributed by atoms with Crippen LogP contribution in [0.4, 0.5) is 0 Å². The van der Waals surface area contributed by atoms with Gasteiger partial charge in [-0.2, -0.15) is 11.8 Å². The number of nitrogens with zero attached hydrogens (tertiary/aromatic N) is 3. The maximum Gasteiger partial charge on any atom is 0.248 e. The molecule has 33 nitrogen and oxygen atoms in total. The quantitative estimate of drug-likeness (QED) is 0.0411. The zero-order chi connectivity index (χ0) is 68.4. The van der Waals surface area contributed by atoms with Crippen LogP contribution in [0.5, 0.6) is 5.75 Å². The Morgan fingerprint density at radius 2 is 1.44 bits per heavy atom. The number of rotatable bonds is 25. The standard InChI is InChI=1S/C59H87N13O20S/c1-29-23-37(65-51(84)36(64-28-73)16-22-93-3)57(89)72(29)39(24-31-7-5-4-6-8-31)52(85)63-19-14-43(80)62-18-13-40(77)45-59(91)70-20-15-41(78)47(70)55(88)69-56(92-21-17-60)42(79)26-35(61)50(83)66-44(30(2)74)58(90)71-27-34(76)25-38(71)53(86)68-46(54(87)67-45)49(82)48(81)32-9-11-33(75)12-10-32/h4-12,28-30,34-42,44-49,56,74-79,81-82H,13-27,60-61H2,1-3H3,(H,62,80)(H,63,85)(H,64,73)(H,65,84)(H,66,83)(H,67,87)(H,68,86)(H,69,88)/t29?,30-,34-,35?,36+,37?,38+,39+,40-,41+,42-,44+,45+,46+,47+,48+,49+,56-/m1/s1. The summed E-state index contributed by atoms with van der Waals surface area (Å²) in [5.41, 5.74) is 12.4. The summed E-state index contributed by atoms with van der Waals surface area (Å²) in [4.78, 5) is 156. The number of carbonyl (C=O) groups excluding carboxylic acids is 11. The maximum absolute atomic E-state index is 15.0. The first kappa shape index (κ1) is 74.4. The fraction of sp³-hybridized carbons (Fsp3) is 0.610. The fourth-order valence-electron chi connectivity index (χ4n) is 11.6. The van der Waals surface area contributed by atoms with E-state index in [1.165, 1.54) is 16.7 Å². The lowest BCUT2D eigenvalue weighted by Gasteiger charge is -2.35. The number of aromatic hydroxyl groups is 1. The number of ether oxygens (including phenoxy) is 1. The number of nitrogens with one attached hydrogen (secondary N) is 8. The minimum Gasteiger partial charge on any atom is -0.508 e. The van der Waals surface area contributed by atoms with Crippen LogP contribution < -0.4 is 54.0 Å². The van der Waals surface area contributed by atoms with E-state index in [4.69, 9.17) is 16.2 Å². The maximum atomic E-state index is 15.0. The molecule has 0 radical (unpaired) electrons. The summed E-state index contributed by atoms with van der Waals surface area (Å²) in [7, 11) is 0. The van der Waals surface area contributed by atoms with E-state index in [2.05, 4.69) is 42.5 Å². The highest BCUT2D eigenvalue weighted by Crippen LogP contribution is 2.28.